The van der Waals surface area contributed by atoms with E-state index in [1.165, 1.54) is 6.92 Å². The highest BCUT2D eigenvalue weighted by Gasteiger charge is 2.28. The monoisotopic (exact) mass is 366 g/mol. The number of carboxylic acid groups (broad SMARTS) is 2. The van der Waals surface area contributed by atoms with Crippen LogP contribution in [0.2, 0.25) is 0 Å². The smallest absolute Gasteiger partial charge is 0.313 e. The number of carboxylic acids is 2. The average molecular weight is 366 g/mol. The summed E-state index contributed by atoms with van der Waals surface area (Å²) in [4.78, 5) is 32.0. The number of benzene rings is 1. The van der Waals surface area contributed by atoms with Crippen LogP contribution in [0.1, 0.15) is 57.1 Å². The van der Waals surface area contributed by atoms with Crippen molar-refractivity contribution in [2.24, 2.45) is 5.92 Å². The van der Waals surface area contributed by atoms with Gasteiger partial charge in [0.2, 0.25) is 0 Å². The third kappa shape index (κ3) is 8.25. The summed E-state index contributed by atoms with van der Waals surface area (Å²) in [6.07, 6.45) is 1.09. The van der Waals surface area contributed by atoms with Crippen LogP contribution in [0, 0.1) is 12.8 Å². The van der Waals surface area contributed by atoms with Crippen molar-refractivity contribution in [2.45, 2.75) is 59.0 Å². The molecule has 0 aromatic heterocycles. The molecule has 0 aliphatic heterocycles. The molecule has 0 spiro atoms. The molecule has 0 heterocycles. The summed E-state index contributed by atoms with van der Waals surface area (Å²) >= 11 is 0. The van der Waals surface area contributed by atoms with Crippen molar-refractivity contribution in [3.63, 3.8) is 0 Å². The van der Waals surface area contributed by atoms with Gasteiger partial charge in [-0.25, -0.2) is 0 Å². The summed E-state index contributed by atoms with van der Waals surface area (Å²) < 4.78 is 5.23. The van der Waals surface area contributed by atoms with E-state index in [1.807, 2.05) is 38.1 Å². The third-order valence-electron chi connectivity index (χ3n) is 4.16. The van der Waals surface area contributed by atoms with Gasteiger partial charge in [0, 0.05) is 13.5 Å². The predicted octanol–water partition coefficient (Wildman–Crippen LogP) is 3.66. The van der Waals surface area contributed by atoms with Gasteiger partial charge in [0.05, 0.1) is 12.0 Å². The standard InChI is InChI=1S/C13H18O3.C7H12O3/c1-4-11(16-3)12(13(14)15)10-7-5-9(2)6-8-10;1-3-6(7(9)10)4-5(2)8/h5-8,11-12H,4H2,1-3H3,(H,14,15);6H,3-4H2,1-2H3,(H,9,10). The molecule has 0 fully saturated rings. The van der Waals surface area contributed by atoms with Crippen molar-refractivity contribution in [1.82, 2.24) is 0 Å². The normalized spacial score (nSPS) is 13.7. The fourth-order valence-electron chi connectivity index (χ4n) is 2.58. The first-order valence-corrected chi connectivity index (χ1v) is 8.72. The van der Waals surface area contributed by atoms with Crippen LogP contribution in [-0.2, 0) is 19.1 Å². The Labute approximate surface area is 155 Å². The minimum absolute atomic E-state index is 0.0609. The van der Waals surface area contributed by atoms with Crippen molar-refractivity contribution < 1.29 is 29.3 Å². The number of aliphatic carboxylic acids is 2. The van der Waals surface area contributed by atoms with E-state index < -0.39 is 23.8 Å². The average Bonchev–Trinajstić information content (AvgIpc) is 2.58. The summed E-state index contributed by atoms with van der Waals surface area (Å²) in [5.74, 6) is -2.85. The van der Waals surface area contributed by atoms with Gasteiger partial charge in [0.25, 0.3) is 0 Å². The van der Waals surface area contributed by atoms with Gasteiger partial charge in [0.1, 0.15) is 11.7 Å². The molecule has 0 saturated carbocycles. The second-order valence-corrected chi connectivity index (χ2v) is 6.26. The Balaban J connectivity index is 0.000000541. The van der Waals surface area contributed by atoms with Crippen LogP contribution >= 0.6 is 0 Å². The second kappa shape index (κ2) is 12.2. The number of ketones is 1. The third-order valence-corrected chi connectivity index (χ3v) is 4.16. The van der Waals surface area contributed by atoms with Crippen molar-refractivity contribution in [2.75, 3.05) is 7.11 Å². The number of carbonyl (C=O) groups is 3. The maximum absolute atomic E-state index is 11.3. The zero-order chi connectivity index (χ0) is 20.3. The molecule has 26 heavy (non-hydrogen) atoms. The van der Waals surface area contributed by atoms with Gasteiger partial charge in [-0.15, -0.1) is 0 Å². The van der Waals surface area contributed by atoms with Gasteiger partial charge in [-0.2, -0.15) is 0 Å². The highest BCUT2D eigenvalue weighted by molar-refractivity contribution is 5.81. The number of carbonyl (C=O) groups excluding carboxylic acids is 1. The Hall–Kier alpha value is -2.21. The van der Waals surface area contributed by atoms with E-state index in [0.717, 1.165) is 11.1 Å². The molecule has 3 unspecified atom stereocenters. The van der Waals surface area contributed by atoms with Crippen molar-refractivity contribution in [1.29, 1.82) is 0 Å². The van der Waals surface area contributed by atoms with Crippen LogP contribution in [0.25, 0.3) is 0 Å². The topological polar surface area (TPSA) is 101 Å². The Morgan fingerprint density at radius 3 is 1.81 bits per heavy atom. The number of methoxy groups -OCH3 is 1. The van der Waals surface area contributed by atoms with Gasteiger partial charge in [-0.1, -0.05) is 43.7 Å². The zero-order valence-electron chi connectivity index (χ0n) is 16.2. The lowest BCUT2D eigenvalue weighted by molar-refractivity contribution is -0.144. The molecule has 1 aromatic rings. The summed E-state index contributed by atoms with van der Waals surface area (Å²) in [6, 6.07) is 7.56. The fraction of sp³-hybridized carbons (Fsp3) is 0.550. The van der Waals surface area contributed by atoms with Crippen molar-refractivity contribution in [3.05, 3.63) is 35.4 Å². The van der Waals surface area contributed by atoms with Crippen LogP contribution in [0.15, 0.2) is 24.3 Å². The van der Waals surface area contributed by atoms with E-state index in [0.29, 0.717) is 12.8 Å². The first-order chi connectivity index (χ1) is 12.2. The summed E-state index contributed by atoms with van der Waals surface area (Å²) in [5, 5.41) is 17.7. The molecule has 1 aromatic carbocycles. The number of rotatable bonds is 9. The van der Waals surface area contributed by atoms with E-state index >= 15 is 0 Å². The van der Waals surface area contributed by atoms with Crippen molar-refractivity contribution >= 4 is 17.7 Å². The molecule has 2 N–H and O–H groups in total. The lowest BCUT2D eigenvalue weighted by Crippen LogP contribution is -2.27. The first kappa shape index (κ1) is 23.8. The maximum Gasteiger partial charge on any atom is 0.313 e. The molecular formula is C20H30O6. The quantitative estimate of drug-likeness (QED) is 0.691. The highest BCUT2D eigenvalue weighted by Crippen LogP contribution is 2.24. The number of Topliss-reactive ketones (excluding diaryl/α,β-unsaturated/α-hetero) is 1. The van der Waals surface area contributed by atoms with E-state index in [9.17, 15) is 19.5 Å². The van der Waals surface area contributed by atoms with Crippen LogP contribution in [-0.4, -0.2) is 41.1 Å². The van der Waals surface area contributed by atoms with E-state index in [4.69, 9.17) is 9.84 Å². The number of aryl methyl sites for hydroxylation is 1. The number of hydrogen-bond acceptors (Lipinski definition) is 4. The molecule has 0 aliphatic rings. The molecule has 0 amide bonds. The minimum atomic E-state index is -0.877. The molecule has 6 nitrogen and oxygen atoms in total. The van der Waals surface area contributed by atoms with E-state index in [2.05, 4.69) is 0 Å². The molecule has 146 valence electrons. The predicted molar refractivity (Wildman–Crippen MR) is 99.4 cm³/mol. The Kier molecular flexibility index (Phi) is 11.2. The SMILES string of the molecule is CCC(CC(C)=O)C(=O)O.CCC(OC)C(C(=O)O)c1ccc(C)cc1. The highest BCUT2D eigenvalue weighted by atomic mass is 16.5. The summed E-state index contributed by atoms with van der Waals surface area (Å²) in [6.45, 7) is 7.08. The second-order valence-electron chi connectivity index (χ2n) is 6.26. The number of ether oxygens (including phenoxy) is 1. The molecule has 3 atom stereocenters. The maximum atomic E-state index is 11.3. The van der Waals surface area contributed by atoms with Gasteiger partial charge in [-0.3, -0.25) is 9.59 Å². The Bertz CT molecular complexity index is 574. The largest absolute Gasteiger partial charge is 0.481 e. The number of hydrogen-bond donors (Lipinski definition) is 2. The van der Waals surface area contributed by atoms with Gasteiger partial charge in [-0.05, 0) is 32.3 Å². The molecular weight excluding hydrogens is 336 g/mol. The molecule has 0 saturated heterocycles. The van der Waals surface area contributed by atoms with E-state index in [-0.39, 0.29) is 18.3 Å². The Morgan fingerprint density at radius 2 is 1.54 bits per heavy atom. The Morgan fingerprint density at radius 1 is 1.00 bits per heavy atom. The van der Waals surface area contributed by atoms with Crippen LogP contribution in [0.3, 0.4) is 0 Å². The zero-order valence-corrected chi connectivity index (χ0v) is 16.2. The first-order valence-electron chi connectivity index (χ1n) is 8.72. The molecule has 1 rings (SSSR count). The fourth-order valence-corrected chi connectivity index (χ4v) is 2.58. The van der Waals surface area contributed by atoms with Crippen molar-refractivity contribution in [3.8, 4) is 0 Å². The van der Waals surface area contributed by atoms with Crippen LogP contribution in [0.4, 0.5) is 0 Å². The summed E-state index contributed by atoms with van der Waals surface area (Å²) in [5.41, 5.74) is 1.92. The van der Waals surface area contributed by atoms with Gasteiger partial charge < -0.3 is 19.7 Å². The minimum Gasteiger partial charge on any atom is -0.481 e. The summed E-state index contributed by atoms with van der Waals surface area (Å²) in [7, 11) is 1.55. The van der Waals surface area contributed by atoms with Gasteiger partial charge >= 0.3 is 11.9 Å². The lowest BCUT2D eigenvalue weighted by atomic mass is 9.91. The van der Waals surface area contributed by atoms with Crippen LogP contribution < -0.4 is 0 Å². The van der Waals surface area contributed by atoms with Crippen LogP contribution in [0.5, 0.6) is 0 Å². The van der Waals surface area contributed by atoms with E-state index in [1.54, 1.807) is 14.0 Å². The molecule has 6 heteroatoms. The molecule has 0 bridgehead atoms. The van der Waals surface area contributed by atoms with Gasteiger partial charge in [0.15, 0.2) is 0 Å². The molecule has 0 radical (unpaired) electrons. The molecule has 0 aliphatic carbocycles. The lowest BCUT2D eigenvalue weighted by Gasteiger charge is -2.21.